The summed E-state index contributed by atoms with van der Waals surface area (Å²) in [6.07, 6.45) is 0.994. The fourth-order valence-corrected chi connectivity index (χ4v) is 2.73. The molecule has 0 radical (unpaired) electrons. The first-order valence-corrected chi connectivity index (χ1v) is 8.60. The Bertz CT molecular complexity index is 722. The van der Waals surface area contributed by atoms with Crippen molar-refractivity contribution >= 4 is 11.6 Å². The topological polar surface area (TPSA) is 38.3 Å². The molecule has 1 atom stereocenters. The van der Waals surface area contributed by atoms with Crippen LogP contribution in [0.4, 0.5) is 5.69 Å². The summed E-state index contributed by atoms with van der Waals surface area (Å²) in [4.78, 5) is 12.7. The first kappa shape index (κ1) is 18.1. The second kappa shape index (κ2) is 8.00. The molecule has 0 saturated heterocycles. The number of benzene rings is 2. The lowest BCUT2D eigenvalue weighted by atomic mass is 10.1. The summed E-state index contributed by atoms with van der Waals surface area (Å²) < 4.78 is 6.01. The number of aryl methyl sites for hydroxylation is 3. The quantitative estimate of drug-likeness (QED) is 0.814. The Balaban J connectivity index is 2.19. The van der Waals surface area contributed by atoms with Gasteiger partial charge in [-0.1, -0.05) is 44.2 Å². The molecule has 2 aromatic rings. The summed E-state index contributed by atoms with van der Waals surface area (Å²) >= 11 is 0. The SMILES string of the molecule is CCc1cccc(C)c1NC(=O)[C@@H](CC)Oc1cccc(C)c1C. The molecular weight excluding hydrogens is 298 g/mol. The lowest BCUT2D eigenvalue weighted by molar-refractivity contribution is -0.122. The van der Waals surface area contributed by atoms with Gasteiger partial charge in [-0.25, -0.2) is 0 Å². The molecule has 3 heteroatoms. The highest BCUT2D eigenvalue weighted by molar-refractivity contribution is 5.95. The zero-order chi connectivity index (χ0) is 17.7. The number of hydrogen-bond acceptors (Lipinski definition) is 2. The average molecular weight is 325 g/mol. The largest absolute Gasteiger partial charge is 0.480 e. The fraction of sp³-hybridized carbons (Fsp3) is 0.381. The third-order valence-electron chi connectivity index (χ3n) is 4.48. The van der Waals surface area contributed by atoms with Crippen molar-refractivity contribution in [1.29, 1.82) is 0 Å². The summed E-state index contributed by atoms with van der Waals surface area (Å²) in [5, 5.41) is 3.07. The number of rotatable bonds is 6. The highest BCUT2D eigenvalue weighted by Gasteiger charge is 2.21. The van der Waals surface area contributed by atoms with Crippen LogP contribution in [0, 0.1) is 20.8 Å². The number of ether oxygens (including phenoxy) is 1. The van der Waals surface area contributed by atoms with Gasteiger partial charge in [-0.15, -0.1) is 0 Å². The van der Waals surface area contributed by atoms with Crippen molar-refractivity contribution in [2.45, 2.75) is 53.6 Å². The minimum absolute atomic E-state index is 0.0950. The lowest BCUT2D eigenvalue weighted by Crippen LogP contribution is -2.33. The minimum atomic E-state index is -0.505. The van der Waals surface area contributed by atoms with Crippen molar-refractivity contribution < 1.29 is 9.53 Å². The van der Waals surface area contributed by atoms with Crippen molar-refractivity contribution in [3.05, 3.63) is 58.7 Å². The van der Waals surface area contributed by atoms with Gasteiger partial charge in [0.2, 0.25) is 0 Å². The third kappa shape index (κ3) is 3.97. The van der Waals surface area contributed by atoms with E-state index in [9.17, 15) is 4.79 Å². The van der Waals surface area contributed by atoms with Gasteiger partial charge >= 0.3 is 0 Å². The van der Waals surface area contributed by atoms with E-state index in [1.807, 2.05) is 58.0 Å². The van der Waals surface area contributed by atoms with E-state index < -0.39 is 6.10 Å². The summed E-state index contributed by atoms with van der Waals surface area (Å²) in [5.41, 5.74) is 5.37. The summed E-state index contributed by atoms with van der Waals surface area (Å²) in [6, 6.07) is 12.0. The molecule has 0 aliphatic heterocycles. The van der Waals surface area contributed by atoms with E-state index in [4.69, 9.17) is 4.74 Å². The van der Waals surface area contributed by atoms with Crippen LogP contribution in [0.25, 0.3) is 0 Å². The predicted molar refractivity (Wildman–Crippen MR) is 99.8 cm³/mol. The number of anilines is 1. The van der Waals surface area contributed by atoms with Crippen LogP contribution in [-0.4, -0.2) is 12.0 Å². The monoisotopic (exact) mass is 325 g/mol. The van der Waals surface area contributed by atoms with Crippen LogP contribution in [0.3, 0.4) is 0 Å². The van der Waals surface area contributed by atoms with Gasteiger partial charge in [-0.05, 0) is 61.9 Å². The Labute approximate surface area is 145 Å². The van der Waals surface area contributed by atoms with Gasteiger partial charge < -0.3 is 10.1 Å². The molecular formula is C21H27NO2. The maximum Gasteiger partial charge on any atom is 0.265 e. The number of carbonyl (C=O) groups excluding carboxylic acids is 1. The number of nitrogens with one attached hydrogen (secondary N) is 1. The molecule has 0 aliphatic carbocycles. The maximum atomic E-state index is 12.7. The van der Waals surface area contributed by atoms with Gasteiger partial charge in [0.1, 0.15) is 5.75 Å². The smallest absolute Gasteiger partial charge is 0.265 e. The van der Waals surface area contributed by atoms with E-state index in [2.05, 4.69) is 18.3 Å². The highest BCUT2D eigenvalue weighted by atomic mass is 16.5. The van der Waals surface area contributed by atoms with Gasteiger partial charge in [-0.2, -0.15) is 0 Å². The van der Waals surface area contributed by atoms with E-state index in [1.54, 1.807) is 0 Å². The van der Waals surface area contributed by atoms with Gasteiger partial charge in [0, 0.05) is 5.69 Å². The summed E-state index contributed by atoms with van der Waals surface area (Å²) in [5.74, 6) is 0.680. The van der Waals surface area contributed by atoms with Crippen LogP contribution in [0.1, 0.15) is 42.5 Å². The molecule has 3 nitrogen and oxygen atoms in total. The van der Waals surface area contributed by atoms with Crippen molar-refractivity contribution in [2.24, 2.45) is 0 Å². The van der Waals surface area contributed by atoms with E-state index in [1.165, 1.54) is 0 Å². The van der Waals surface area contributed by atoms with Crippen molar-refractivity contribution in [2.75, 3.05) is 5.32 Å². The number of carbonyl (C=O) groups is 1. The van der Waals surface area contributed by atoms with Crippen LogP contribution >= 0.6 is 0 Å². The van der Waals surface area contributed by atoms with Crippen LogP contribution in [-0.2, 0) is 11.2 Å². The Morgan fingerprint density at radius 2 is 1.71 bits per heavy atom. The first-order chi connectivity index (χ1) is 11.5. The molecule has 0 unspecified atom stereocenters. The Morgan fingerprint density at radius 3 is 2.38 bits per heavy atom. The molecule has 0 fully saturated rings. The minimum Gasteiger partial charge on any atom is -0.480 e. The zero-order valence-electron chi connectivity index (χ0n) is 15.3. The predicted octanol–water partition coefficient (Wildman–Crippen LogP) is 4.97. The second-order valence-electron chi connectivity index (χ2n) is 6.16. The lowest BCUT2D eigenvalue weighted by Gasteiger charge is -2.21. The van der Waals surface area contributed by atoms with Gasteiger partial charge in [0.15, 0.2) is 6.10 Å². The molecule has 1 amide bonds. The summed E-state index contributed by atoms with van der Waals surface area (Å²) in [6.45, 7) is 10.1. The molecule has 2 aromatic carbocycles. The van der Waals surface area contributed by atoms with Crippen molar-refractivity contribution in [3.8, 4) is 5.75 Å². The average Bonchev–Trinajstić information content (AvgIpc) is 2.57. The Kier molecular flexibility index (Phi) is 6.02. The number of amides is 1. The molecule has 0 aliphatic rings. The fourth-order valence-electron chi connectivity index (χ4n) is 2.73. The highest BCUT2D eigenvalue weighted by Crippen LogP contribution is 2.24. The molecule has 1 N–H and O–H groups in total. The Hall–Kier alpha value is -2.29. The van der Waals surface area contributed by atoms with Gasteiger partial charge in [-0.3, -0.25) is 4.79 Å². The zero-order valence-corrected chi connectivity index (χ0v) is 15.3. The second-order valence-corrected chi connectivity index (χ2v) is 6.16. The molecule has 0 aromatic heterocycles. The van der Waals surface area contributed by atoms with E-state index >= 15 is 0 Å². The first-order valence-electron chi connectivity index (χ1n) is 8.60. The Morgan fingerprint density at radius 1 is 1.04 bits per heavy atom. The number of para-hydroxylation sites is 1. The molecule has 0 spiro atoms. The van der Waals surface area contributed by atoms with Crippen molar-refractivity contribution in [3.63, 3.8) is 0 Å². The van der Waals surface area contributed by atoms with Crippen LogP contribution in [0.15, 0.2) is 36.4 Å². The molecule has 0 bridgehead atoms. The van der Waals surface area contributed by atoms with Crippen LogP contribution in [0.5, 0.6) is 5.75 Å². The van der Waals surface area contributed by atoms with E-state index in [-0.39, 0.29) is 5.91 Å². The van der Waals surface area contributed by atoms with Gasteiger partial charge in [0.05, 0.1) is 0 Å². The van der Waals surface area contributed by atoms with Gasteiger partial charge in [0.25, 0.3) is 5.91 Å². The van der Waals surface area contributed by atoms with Crippen molar-refractivity contribution in [1.82, 2.24) is 0 Å². The molecule has 128 valence electrons. The normalized spacial score (nSPS) is 11.9. The summed E-state index contributed by atoms with van der Waals surface area (Å²) in [7, 11) is 0. The number of hydrogen-bond donors (Lipinski definition) is 1. The third-order valence-corrected chi connectivity index (χ3v) is 4.48. The molecule has 0 saturated carbocycles. The molecule has 24 heavy (non-hydrogen) atoms. The molecule has 2 rings (SSSR count). The van der Waals surface area contributed by atoms with Crippen LogP contribution < -0.4 is 10.1 Å². The maximum absolute atomic E-state index is 12.7. The van der Waals surface area contributed by atoms with E-state index in [0.29, 0.717) is 6.42 Å². The molecule has 0 heterocycles. The standard InChI is InChI=1S/C21H27NO2/c1-6-17-12-8-11-15(4)20(17)22-21(23)18(7-2)24-19-13-9-10-14(3)16(19)5/h8-13,18H,6-7H2,1-5H3,(H,22,23)/t18-/m1/s1. The van der Waals surface area contributed by atoms with E-state index in [0.717, 1.165) is 40.1 Å². The van der Waals surface area contributed by atoms with Crippen LogP contribution in [0.2, 0.25) is 0 Å².